The van der Waals surface area contributed by atoms with E-state index in [4.69, 9.17) is 14.0 Å². The normalized spacial score (nSPS) is 25.6. The van der Waals surface area contributed by atoms with Crippen LogP contribution in [0.15, 0.2) is 12.4 Å². The van der Waals surface area contributed by atoms with Crippen molar-refractivity contribution < 1.29 is 14.0 Å². The van der Waals surface area contributed by atoms with Crippen LogP contribution in [0.2, 0.25) is 0 Å². The molecule has 6 heteroatoms. The Morgan fingerprint density at radius 2 is 1.89 bits per heavy atom. The molecule has 0 aliphatic carbocycles. The molecular formula is C13H21BN2O3. The highest BCUT2D eigenvalue weighted by Crippen LogP contribution is 2.36. The average molecular weight is 264 g/mol. The Hall–Kier alpha value is -0.845. The molecule has 104 valence electrons. The van der Waals surface area contributed by atoms with E-state index in [-0.39, 0.29) is 18.3 Å². The van der Waals surface area contributed by atoms with Gasteiger partial charge in [0.05, 0.1) is 24.4 Å². The predicted molar refractivity (Wildman–Crippen MR) is 72.3 cm³/mol. The van der Waals surface area contributed by atoms with Crippen molar-refractivity contribution in [3.63, 3.8) is 0 Å². The van der Waals surface area contributed by atoms with Crippen LogP contribution in [-0.2, 0) is 20.6 Å². The van der Waals surface area contributed by atoms with Gasteiger partial charge in [0.15, 0.2) is 0 Å². The van der Waals surface area contributed by atoms with Crippen LogP contribution < -0.4 is 5.46 Å². The fraction of sp³-hybridized carbons (Fsp3) is 0.769. The number of ether oxygens (including phenoxy) is 1. The summed E-state index contributed by atoms with van der Waals surface area (Å²) in [5.41, 5.74) is 0.377. The van der Waals surface area contributed by atoms with Crippen molar-refractivity contribution in [2.75, 3.05) is 13.2 Å². The molecular weight excluding hydrogens is 243 g/mol. The van der Waals surface area contributed by atoms with Crippen molar-refractivity contribution in [3.8, 4) is 0 Å². The van der Waals surface area contributed by atoms with E-state index in [1.807, 2.05) is 17.1 Å². The Morgan fingerprint density at radius 1 is 1.26 bits per heavy atom. The van der Waals surface area contributed by atoms with Gasteiger partial charge in [-0.05, 0) is 27.7 Å². The fourth-order valence-electron chi connectivity index (χ4n) is 2.23. The zero-order valence-corrected chi connectivity index (χ0v) is 12.0. The van der Waals surface area contributed by atoms with Crippen molar-refractivity contribution in [1.82, 2.24) is 9.78 Å². The molecule has 5 nitrogen and oxygen atoms in total. The zero-order chi connectivity index (χ0) is 13.7. The van der Waals surface area contributed by atoms with Gasteiger partial charge in [-0.1, -0.05) is 0 Å². The van der Waals surface area contributed by atoms with Crippen LogP contribution in [-0.4, -0.2) is 41.3 Å². The molecule has 0 amide bonds. The second kappa shape index (κ2) is 4.33. The molecule has 0 N–H and O–H groups in total. The maximum atomic E-state index is 6.01. The van der Waals surface area contributed by atoms with Crippen LogP contribution in [0.1, 0.15) is 27.7 Å². The van der Waals surface area contributed by atoms with Gasteiger partial charge >= 0.3 is 7.12 Å². The minimum atomic E-state index is -0.323. The minimum absolute atomic E-state index is 0.304. The smallest absolute Gasteiger partial charge is 0.399 e. The van der Waals surface area contributed by atoms with Gasteiger partial charge < -0.3 is 14.0 Å². The maximum absolute atomic E-state index is 6.01. The van der Waals surface area contributed by atoms with Crippen LogP contribution >= 0.6 is 0 Å². The van der Waals surface area contributed by atoms with Gasteiger partial charge in [-0.15, -0.1) is 0 Å². The first-order valence-electron chi connectivity index (χ1n) is 6.83. The average Bonchev–Trinajstić information content (AvgIpc) is 2.77. The highest BCUT2D eigenvalue weighted by molar-refractivity contribution is 6.61. The molecule has 0 radical (unpaired) electrons. The van der Waals surface area contributed by atoms with Crippen molar-refractivity contribution >= 4 is 12.6 Å². The van der Waals surface area contributed by atoms with E-state index in [2.05, 4.69) is 32.8 Å². The summed E-state index contributed by atoms with van der Waals surface area (Å²) in [5.74, 6) is 0.589. The summed E-state index contributed by atoms with van der Waals surface area (Å²) in [6, 6.07) is 0. The molecule has 0 atom stereocenters. The number of nitrogens with zero attached hydrogens (tertiary/aromatic N) is 2. The lowest BCUT2D eigenvalue weighted by atomic mass is 9.82. The second-order valence-electron chi connectivity index (χ2n) is 6.49. The number of aromatic nitrogens is 2. The summed E-state index contributed by atoms with van der Waals surface area (Å²) >= 11 is 0. The van der Waals surface area contributed by atoms with Crippen molar-refractivity contribution in [2.24, 2.45) is 5.92 Å². The molecule has 1 aromatic heterocycles. The quantitative estimate of drug-likeness (QED) is 0.758. The maximum Gasteiger partial charge on any atom is 0.498 e. The standard InChI is InChI=1S/C13H21BN2O3/c1-12(2)13(3,4)19-14(18-12)11-5-15-16(7-11)6-10-8-17-9-10/h5,7,10H,6,8-9H2,1-4H3. The summed E-state index contributed by atoms with van der Waals surface area (Å²) in [6.07, 6.45) is 3.85. The van der Waals surface area contributed by atoms with Crippen LogP contribution in [0.5, 0.6) is 0 Å². The van der Waals surface area contributed by atoms with E-state index in [9.17, 15) is 0 Å². The molecule has 2 aliphatic heterocycles. The number of rotatable bonds is 3. The molecule has 0 saturated carbocycles. The monoisotopic (exact) mass is 264 g/mol. The molecule has 0 unspecified atom stereocenters. The van der Waals surface area contributed by atoms with E-state index in [1.54, 1.807) is 0 Å². The molecule has 2 fully saturated rings. The van der Waals surface area contributed by atoms with Gasteiger partial charge in [0.1, 0.15) is 0 Å². The Morgan fingerprint density at radius 3 is 2.42 bits per heavy atom. The Labute approximate surface area is 114 Å². The summed E-state index contributed by atoms with van der Waals surface area (Å²) < 4.78 is 19.1. The predicted octanol–water partition coefficient (Wildman–Crippen LogP) is 0.829. The van der Waals surface area contributed by atoms with Crippen LogP contribution in [0, 0.1) is 5.92 Å². The van der Waals surface area contributed by atoms with E-state index in [1.165, 1.54) is 0 Å². The topological polar surface area (TPSA) is 45.5 Å². The molecule has 0 spiro atoms. The summed E-state index contributed by atoms with van der Waals surface area (Å²) in [7, 11) is -0.323. The Balaban J connectivity index is 1.70. The lowest BCUT2D eigenvalue weighted by Crippen LogP contribution is -2.41. The Kier molecular flexibility index (Phi) is 3.00. The summed E-state index contributed by atoms with van der Waals surface area (Å²) in [4.78, 5) is 0. The van der Waals surface area contributed by atoms with E-state index < -0.39 is 0 Å². The van der Waals surface area contributed by atoms with Gasteiger partial charge in [-0.25, -0.2) is 0 Å². The van der Waals surface area contributed by atoms with E-state index in [0.29, 0.717) is 5.92 Å². The third-order valence-electron chi connectivity index (χ3n) is 4.33. The van der Waals surface area contributed by atoms with Crippen LogP contribution in [0.25, 0.3) is 0 Å². The lowest BCUT2D eigenvalue weighted by Gasteiger charge is -2.32. The summed E-state index contributed by atoms with van der Waals surface area (Å²) in [6.45, 7) is 10.8. The van der Waals surface area contributed by atoms with Gasteiger partial charge in [0, 0.05) is 30.3 Å². The molecule has 3 heterocycles. The largest absolute Gasteiger partial charge is 0.498 e. The number of hydrogen-bond acceptors (Lipinski definition) is 4. The van der Waals surface area contributed by atoms with Gasteiger partial charge in [0.25, 0.3) is 0 Å². The van der Waals surface area contributed by atoms with Gasteiger partial charge in [-0.3, -0.25) is 4.68 Å². The van der Waals surface area contributed by atoms with Gasteiger partial charge in [-0.2, -0.15) is 5.10 Å². The molecule has 2 saturated heterocycles. The van der Waals surface area contributed by atoms with Crippen molar-refractivity contribution in [3.05, 3.63) is 12.4 Å². The van der Waals surface area contributed by atoms with Crippen molar-refractivity contribution in [1.29, 1.82) is 0 Å². The van der Waals surface area contributed by atoms with Crippen LogP contribution in [0.3, 0.4) is 0 Å². The molecule has 1 aromatic rings. The number of hydrogen-bond donors (Lipinski definition) is 0. The van der Waals surface area contributed by atoms with Gasteiger partial charge in [0.2, 0.25) is 0 Å². The van der Waals surface area contributed by atoms with Crippen molar-refractivity contribution in [2.45, 2.75) is 45.4 Å². The fourth-order valence-corrected chi connectivity index (χ4v) is 2.23. The summed E-state index contributed by atoms with van der Waals surface area (Å²) in [5, 5.41) is 4.38. The first kappa shape index (κ1) is 13.2. The lowest BCUT2D eigenvalue weighted by molar-refractivity contribution is -0.0408. The molecule has 2 aliphatic rings. The van der Waals surface area contributed by atoms with E-state index >= 15 is 0 Å². The highest BCUT2D eigenvalue weighted by Gasteiger charge is 2.52. The Bertz CT molecular complexity index is 452. The molecule has 19 heavy (non-hydrogen) atoms. The first-order chi connectivity index (χ1) is 8.87. The molecule has 0 bridgehead atoms. The third kappa shape index (κ3) is 2.33. The zero-order valence-electron chi connectivity index (χ0n) is 12.0. The van der Waals surface area contributed by atoms with E-state index in [0.717, 1.165) is 25.2 Å². The molecule has 3 rings (SSSR count). The molecule has 0 aromatic carbocycles. The third-order valence-corrected chi connectivity index (χ3v) is 4.33. The first-order valence-corrected chi connectivity index (χ1v) is 6.83. The minimum Gasteiger partial charge on any atom is -0.399 e. The van der Waals surface area contributed by atoms with Crippen LogP contribution in [0.4, 0.5) is 0 Å². The SMILES string of the molecule is CC1(C)OB(c2cnn(CC3COC3)c2)OC1(C)C. The highest BCUT2D eigenvalue weighted by atomic mass is 16.7. The second-order valence-corrected chi connectivity index (χ2v) is 6.49.